The molecule has 2 unspecified atom stereocenters. The third-order valence-electron chi connectivity index (χ3n) is 6.58. The molecule has 4 rings (SSSR count). The van der Waals surface area contributed by atoms with Crippen LogP contribution in [-0.4, -0.2) is 61.8 Å². The molecule has 1 aromatic carbocycles. The van der Waals surface area contributed by atoms with Gasteiger partial charge in [0.2, 0.25) is 10.0 Å². The summed E-state index contributed by atoms with van der Waals surface area (Å²) < 4.78 is 36.7. The van der Waals surface area contributed by atoms with Gasteiger partial charge in [-0.1, -0.05) is 26.0 Å². The molecule has 2 aromatic rings. The van der Waals surface area contributed by atoms with Crippen LogP contribution in [0.4, 0.5) is 5.82 Å². The largest absolute Gasteiger partial charge is 0.486 e. The van der Waals surface area contributed by atoms with Gasteiger partial charge in [-0.15, -0.1) is 0 Å². The van der Waals surface area contributed by atoms with Crippen molar-refractivity contribution in [1.82, 2.24) is 14.3 Å². The molecule has 2 aliphatic heterocycles. The van der Waals surface area contributed by atoms with Crippen LogP contribution in [0.15, 0.2) is 30.6 Å². The van der Waals surface area contributed by atoms with E-state index in [1.54, 1.807) is 10.6 Å². The molecule has 1 N–H and O–H groups in total. The summed E-state index contributed by atoms with van der Waals surface area (Å²) in [5.74, 6) is 3.35. The standard InChI is InChI=1S/C23H32N4O4S/c1-16(17(2)19-5-4-6-21-23(19)31-12-11-30-21)14-24-22-13-20(25-15-26-22)18-7-9-27(10-8-18)32(3,28)29/h4-6,13,15-18H,7-12,14H2,1-3H3,(H,24,25,26). The Morgan fingerprint density at radius 3 is 2.66 bits per heavy atom. The van der Waals surface area contributed by atoms with Gasteiger partial charge in [0, 0.05) is 42.9 Å². The molecule has 3 heterocycles. The van der Waals surface area contributed by atoms with Crippen molar-refractivity contribution in [2.75, 3.05) is 44.4 Å². The van der Waals surface area contributed by atoms with Gasteiger partial charge in [-0.3, -0.25) is 0 Å². The number of para-hydroxylation sites is 1. The van der Waals surface area contributed by atoms with Gasteiger partial charge in [0.15, 0.2) is 11.5 Å². The number of nitrogens with zero attached hydrogens (tertiary/aromatic N) is 3. The molecule has 0 spiro atoms. The highest BCUT2D eigenvalue weighted by Gasteiger charge is 2.27. The minimum atomic E-state index is -3.12. The highest BCUT2D eigenvalue weighted by atomic mass is 32.2. The third kappa shape index (κ3) is 5.15. The highest BCUT2D eigenvalue weighted by Crippen LogP contribution is 2.40. The van der Waals surface area contributed by atoms with E-state index < -0.39 is 10.0 Å². The van der Waals surface area contributed by atoms with Crippen LogP contribution < -0.4 is 14.8 Å². The molecule has 2 aliphatic rings. The number of ether oxygens (including phenoxy) is 2. The number of nitrogens with one attached hydrogen (secondary N) is 1. The number of hydrogen-bond donors (Lipinski definition) is 1. The average molecular weight is 461 g/mol. The molecular formula is C23H32N4O4S. The number of benzene rings is 1. The number of aromatic nitrogens is 2. The van der Waals surface area contributed by atoms with E-state index >= 15 is 0 Å². The Kier molecular flexibility index (Phi) is 6.85. The number of sulfonamides is 1. The molecule has 0 bridgehead atoms. The second-order valence-corrected chi connectivity index (χ2v) is 10.8. The van der Waals surface area contributed by atoms with Crippen LogP contribution in [0.25, 0.3) is 0 Å². The maximum atomic E-state index is 11.7. The summed E-state index contributed by atoms with van der Waals surface area (Å²) in [7, 11) is -3.12. The normalized spacial score (nSPS) is 19.3. The van der Waals surface area contributed by atoms with Crippen molar-refractivity contribution in [2.45, 2.75) is 38.5 Å². The summed E-state index contributed by atoms with van der Waals surface area (Å²) >= 11 is 0. The lowest BCUT2D eigenvalue weighted by Gasteiger charge is -2.30. The first-order valence-electron chi connectivity index (χ1n) is 11.2. The van der Waals surface area contributed by atoms with Gasteiger partial charge in [0.05, 0.1) is 6.26 Å². The molecule has 32 heavy (non-hydrogen) atoms. The van der Waals surface area contributed by atoms with Crippen LogP contribution in [0.1, 0.15) is 49.8 Å². The predicted octanol–water partition coefficient (Wildman–Crippen LogP) is 3.24. The van der Waals surface area contributed by atoms with Gasteiger partial charge in [0.1, 0.15) is 25.4 Å². The van der Waals surface area contributed by atoms with E-state index in [1.165, 1.54) is 6.26 Å². The maximum Gasteiger partial charge on any atom is 0.211 e. The van der Waals surface area contributed by atoms with Gasteiger partial charge in [-0.05, 0) is 30.7 Å². The van der Waals surface area contributed by atoms with Crippen LogP contribution in [0.3, 0.4) is 0 Å². The summed E-state index contributed by atoms with van der Waals surface area (Å²) in [6.07, 6.45) is 4.41. The second kappa shape index (κ2) is 9.62. The van der Waals surface area contributed by atoms with Crippen molar-refractivity contribution in [1.29, 1.82) is 0 Å². The van der Waals surface area contributed by atoms with Crippen LogP contribution in [0, 0.1) is 5.92 Å². The summed E-state index contributed by atoms with van der Waals surface area (Å²) in [5, 5.41) is 3.46. The lowest BCUT2D eigenvalue weighted by molar-refractivity contribution is 0.168. The fraction of sp³-hybridized carbons (Fsp3) is 0.565. The van der Waals surface area contributed by atoms with Gasteiger partial charge < -0.3 is 14.8 Å². The Morgan fingerprint density at radius 1 is 1.16 bits per heavy atom. The van der Waals surface area contributed by atoms with E-state index in [-0.39, 0.29) is 11.8 Å². The van der Waals surface area contributed by atoms with E-state index in [9.17, 15) is 8.42 Å². The molecule has 8 nitrogen and oxygen atoms in total. The molecule has 0 amide bonds. The summed E-state index contributed by atoms with van der Waals surface area (Å²) in [6, 6.07) is 8.08. The predicted molar refractivity (Wildman–Crippen MR) is 124 cm³/mol. The lowest BCUT2D eigenvalue weighted by Crippen LogP contribution is -2.37. The maximum absolute atomic E-state index is 11.7. The van der Waals surface area contributed by atoms with E-state index in [0.717, 1.165) is 48.0 Å². The molecule has 1 saturated heterocycles. The van der Waals surface area contributed by atoms with Gasteiger partial charge >= 0.3 is 0 Å². The molecule has 0 aliphatic carbocycles. The molecule has 0 radical (unpaired) electrons. The third-order valence-corrected chi connectivity index (χ3v) is 7.88. The quantitative estimate of drug-likeness (QED) is 0.678. The zero-order chi connectivity index (χ0) is 22.7. The van der Waals surface area contributed by atoms with E-state index in [0.29, 0.717) is 32.2 Å². The first kappa shape index (κ1) is 22.8. The smallest absolute Gasteiger partial charge is 0.211 e. The molecule has 1 fully saturated rings. The monoisotopic (exact) mass is 460 g/mol. The molecule has 0 saturated carbocycles. The SMILES string of the molecule is CC(CNc1cc(C2CCN(S(C)(=O)=O)CC2)ncn1)C(C)c1cccc2c1OCCO2. The zero-order valence-corrected chi connectivity index (χ0v) is 19.8. The fourth-order valence-electron chi connectivity index (χ4n) is 4.38. The van der Waals surface area contributed by atoms with Crippen molar-refractivity contribution < 1.29 is 17.9 Å². The second-order valence-electron chi connectivity index (χ2n) is 8.78. The minimum absolute atomic E-state index is 0.251. The first-order valence-corrected chi connectivity index (χ1v) is 13.1. The highest BCUT2D eigenvalue weighted by molar-refractivity contribution is 7.88. The Hall–Kier alpha value is -2.39. The Morgan fingerprint density at radius 2 is 1.91 bits per heavy atom. The van der Waals surface area contributed by atoms with Crippen LogP contribution in [-0.2, 0) is 10.0 Å². The minimum Gasteiger partial charge on any atom is -0.486 e. The lowest BCUT2D eigenvalue weighted by atomic mass is 9.88. The zero-order valence-electron chi connectivity index (χ0n) is 19.0. The van der Waals surface area contributed by atoms with Crippen molar-refractivity contribution in [3.8, 4) is 11.5 Å². The van der Waals surface area contributed by atoms with Crippen molar-refractivity contribution in [3.63, 3.8) is 0 Å². The van der Waals surface area contributed by atoms with E-state index in [4.69, 9.17) is 9.47 Å². The van der Waals surface area contributed by atoms with Crippen molar-refractivity contribution in [2.24, 2.45) is 5.92 Å². The Labute approximate surface area is 190 Å². The average Bonchev–Trinajstić information content (AvgIpc) is 2.81. The molecule has 2 atom stereocenters. The molecule has 1 aromatic heterocycles. The number of fused-ring (bicyclic) bond motifs is 1. The van der Waals surface area contributed by atoms with Crippen molar-refractivity contribution in [3.05, 3.63) is 41.9 Å². The van der Waals surface area contributed by atoms with Crippen LogP contribution in [0.2, 0.25) is 0 Å². The Bertz CT molecular complexity index is 1040. The number of rotatable bonds is 7. The van der Waals surface area contributed by atoms with Crippen LogP contribution in [0.5, 0.6) is 11.5 Å². The van der Waals surface area contributed by atoms with Gasteiger partial charge in [-0.25, -0.2) is 22.7 Å². The van der Waals surface area contributed by atoms with Crippen LogP contribution >= 0.6 is 0 Å². The summed E-state index contributed by atoms with van der Waals surface area (Å²) in [5.41, 5.74) is 2.14. The molecular weight excluding hydrogens is 428 g/mol. The Balaban J connectivity index is 1.36. The summed E-state index contributed by atoms with van der Waals surface area (Å²) in [6.45, 7) is 7.43. The van der Waals surface area contributed by atoms with E-state index in [2.05, 4.69) is 35.2 Å². The molecule has 9 heteroatoms. The number of anilines is 1. The molecule has 174 valence electrons. The van der Waals surface area contributed by atoms with E-state index in [1.807, 2.05) is 18.2 Å². The number of hydrogen-bond acceptors (Lipinski definition) is 7. The van der Waals surface area contributed by atoms with Gasteiger partial charge in [-0.2, -0.15) is 0 Å². The number of piperidine rings is 1. The van der Waals surface area contributed by atoms with Crippen molar-refractivity contribution >= 4 is 15.8 Å². The van der Waals surface area contributed by atoms with Gasteiger partial charge in [0.25, 0.3) is 0 Å². The fourth-order valence-corrected chi connectivity index (χ4v) is 5.25. The summed E-state index contributed by atoms with van der Waals surface area (Å²) in [4.78, 5) is 8.85. The first-order chi connectivity index (χ1) is 15.3. The topological polar surface area (TPSA) is 93.7 Å².